The van der Waals surface area contributed by atoms with Crippen LogP contribution < -0.4 is 20.7 Å². The highest BCUT2D eigenvalue weighted by Crippen LogP contribution is 2.35. The number of ether oxygens (including phenoxy) is 1. The van der Waals surface area contributed by atoms with Crippen LogP contribution in [0.15, 0.2) is 37.6 Å². The number of phenols is 1. The summed E-state index contributed by atoms with van der Waals surface area (Å²) in [4.78, 5) is 14.6. The molecular weight excluding hydrogens is 481 g/mol. The van der Waals surface area contributed by atoms with Crippen LogP contribution in [0, 0.1) is 0 Å². The van der Waals surface area contributed by atoms with Crippen LogP contribution in [0.1, 0.15) is 13.8 Å². The average molecular weight is 526 g/mol. The number of phenolic OH excluding ortho intramolecular Hbond substituents is 1. The molecule has 2 aromatic rings. The lowest BCUT2D eigenvalue weighted by Crippen LogP contribution is -2.54. The molecule has 0 bridgehead atoms. The van der Waals surface area contributed by atoms with Crippen molar-refractivity contribution < 1.29 is 14.2 Å². The van der Waals surface area contributed by atoms with Crippen LogP contribution in [0.3, 0.4) is 0 Å². The number of hydrogen-bond acceptors (Lipinski definition) is 10. The highest BCUT2D eigenvalue weighted by Gasteiger charge is 2.28. The summed E-state index contributed by atoms with van der Waals surface area (Å²) in [6.07, 6.45) is 3.26. The molecule has 0 spiro atoms. The Bertz CT molecular complexity index is 870. The molecule has 1 aromatic carbocycles. The standard InChI is InChI=1S/C20H30FN7O2.C2H6.C2H4.CH4S/c1-26(2)8-9-27(3)17-11-18(29)16(10-15(17)22)24-20-23-6-4-19(25-20)30-14-12-28(13-14)7-5-21;3*1-2/h4,6,10-11,14,29H,5,7-9,12-13,22H2,1-3H3,(H,23,24,25);1-2H3;1-2H2;2H,1H3. The van der Waals surface area contributed by atoms with E-state index in [2.05, 4.69) is 46.0 Å². The van der Waals surface area contributed by atoms with Gasteiger partial charge in [0.2, 0.25) is 11.8 Å². The van der Waals surface area contributed by atoms with Gasteiger partial charge in [-0.2, -0.15) is 17.6 Å². The van der Waals surface area contributed by atoms with Crippen molar-refractivity contribution >= 4 is 35.6 Å². The molecule has 0 amide bonds. The van der Waals surface area contributed by atoms with Crippen LogP contribution in [-0.2, 0) is 0 Å². The van der Waals surface area contributed by atoms with Crippen molar-refractivity contribution in [2.75, 3.05) is 82.7 Å². The molecule has 204 valence electrons. The van der Waals surface area contributed by atoms with Gasteiger partial charge in [0.15, 0.2) is 0 Å². The fraction of sp³-hybridized carbons (Fsp3) is 0.520. The van der Waals surface area contributed by atoms with Gasteiger partial charge in [0.1, 0.15) is 18.5 Å². The van der Waals surface area contributed by atoms with Gasteiger partial charge in [-0.15, -0.1) is 13.2 Å². The first-order valence-corrected chi connectivity index (χ1v) is 12.7. The topological polar surface area (TPSA) is 103 Å². The summed E-state index contributed by atoms with van der Waals surface area (Å²) in [5.74, 6) is 0.757. The highest BCUT2D eigenvalue weighted by atomic mass is 32.1. The second-order valence-corrected chi connectivity index (χ2v) is 7.68. The second-order valence-electron chi connectivity index (χ2n) is 7.68. The number of rotatable bonds is 10. The zero-order chi connectivity index (χ0) is 27.7. The van der Waals surface area contributed by atoms with E-state index in [4.69, 9.17) is 10.5 Å². The van der Waals surface area contributed by atoms with Crippen LogP contribution >= 0.6 is 12.6 Å². The Kier molecular flexibility index (Phi) is 17.1. The molecule has 36 heavy (non-hydrogen) atoms. The van der Waals surface area contributed by atoms with E-state index in [1.807, 2.05) is 44.8 Å². The first-order chi connectivity index (χ1) is 17.4. The number of hydrogen-bond donors (Lipinski definition) is 4. The number of likely N-dealkylation sites (N-methyl/N-ethyl adjacent to an activating group) is 2. The lowest BCUT2D eigenvalue weighted by atomic mass is 10.2. The van der Waals surface area contributed by atoms with E-state index < -0.39 is 0 Å². The molecule has 1 fully saturated rings. The number of nitrogen functional groups attached to an aromatic ring is 1. The molecule has 1 saturated heterocycles. The normalized spacial score (nSPS) is 12.6. The molecule has 1 aromatic heterocycles. The van der Waals surface area contributed by atoms with E-state index in [1.165, 1.54) is 0 Å². The van der Waals surface area contributed by atoms with E-state index >= 15 is 0 Å². The maximum atomic E-state index is 12.3. The molecule has 3 rings (SSSR count). The van der Waals surface area contributed by atoms with Gasteiger partial charge >= 0.3 is 0 Å². The van der Waals surface area contributed by atoms with Crippen molar-refractivity contribution in [3.05, 3.63) is 37.6 Å². The van der Waals surface area contributed by atoms with E-state index in [-0.39, 0.29) is 24.5 Å². The first-order valence-electron chi connectivity index (χ1n) is 11.8. The molecule has 0 unspecified atom stereocenters. The number of anilines is 4. The maximum absolute atomic E-state index is 12.3. The number of aromatic nitrogens is 2. The van der Waals surface area contributed by atoms with Crippen molar-refractivity contribution in [2.45, 2.75) is 20.0 Å². The second kappa shape index (κ2) is 18.5. The Hall–Kier alpha value is -2.76. The third kappa shape index (κ3) is 10.9. The molecule has 0 radical (unpaired) electrons. The largest absolute Gasteiger partial charge is 0.506 e. The Morgan fingerprint density at radius 3 is 2.44 bits per heavy atom. The molecule has 11 heteroatoms. The third-order valence-electron chi connectivity index (χ3n) is 4.93. The van der Waals surface area contributed by atoms with E-state index in [0.717, 1.165) is 18.8 Å². The van der Waals surface area contributed by atoms with E-state index in [1.54, 1.807) is 30.7 Å². The summed E-state index contributed by atoms with van der Waals surface area (Å²) in [6.45, 7) is 13.1. The summed E-state index contributed by atoms with van der Waals surface area (Å²) < 4.78 is 18.1. The van der Waals surface area contributed by atoms with Gasteiger partial charge in [0, 0.05) is 58.1 Å². The van der Waals surface area contributed by atoms with Gasteiger partial charge in [-0.1, -0.05) is 13.8 Å². The Labute approximate surface area is 221 Å². The quantitative estimate of drug-likeness (QED) is 0.121. The van der Waals surface area contributed by atoms with Crippen molar-refractivity contribution in [1.82, 2.24) is 19.8 Å². The molecule has 1 aliphatic rings. The van der Waals surface area contributed by atoms with Crippen LogP contribution in [-0.4, -0.2) is 97.8 Å². The fourth-order valence-corrected chi connectivity index (χ4v) is 3.15. The average Bonchev–Trinajstić information content (AvgIpc) is 2.87. The number of benzene rings is 1. The molecular formula is C25H44FN7O2S. The van der Waals surface area contributed by atoms with E-state index in [0.29, 0.717) is 36.9 Å². The number of halogens is 1. The van der Waals surface area contributed by atoms with Gasteiger partial charge in [-0.25, -0.2) is 9.37 Å². The van der Waals surface area contributed by atoms with Crippen molar-refractivity contribution in [3.63, 3.8) is 0 Å². The number of nitrogens with two attached hydrogens (primary N) is 1. The SMILES string of the molecule is C=C.CC.CN(C)CCN(C)c1cc(O)c(Nc2nccc(OC3CN(CCF)C3)n2)cc1N.CS. The van der Waals surface area contributed by atoms with Gasteiger partial charge in [0.25, 0.3) is 0 Å². The zero-order valence-corrected chi connectivity index (χ0v) is 23.4. The minimum absolute atomic E-state index is 0.0136. The molecule has 4 N–H and O–H groups in total. The Morgan fingerprint density at radius 2 is 1.86 bits per heavy atom. The molecule has 2 heterocycles. The summed E-state index contributed by atoms with van der Waals surface area (Å²) >= 11 is 3.53. The maximum Gasteiger partial charge on any atom is 0.230 e. The number of nitrogens with one attached hydrogen (secondary N) is 1. The number of nitrogens with zero attached hydrogens (tertiary/aromatic N) is 5. The number of thiol groups is 1. The molecule has 0 aliphatic carbocycles. The van der Waals surface area contributed by atoms with Crippen LogP contribution in [0.5, 0.6) is 11.6 Å². The third-order valence-corrected chi connectivity index (χ3v) is 4.93. The minimum atomic E-state index is -0.356. The number of likely N-dealkylation sites (tertiary alicyclic amines) is 1. The number of alkyl halides is 1. The summed E-state index contributed by atoms with van der Waals surface area (Å²) in [5, 5.41) is 13.5. The van der Waals surface area contributed by atoms with Crippen LogP contribution in [0.2, 0.25) is 0 Å². The van der Waals surface area contributed by atoms with Crippen LogP contribution in [0.25, 0.3) is 0 Å². The zero-order valence-electron chi connectivity index (χ0n) is 22.5. The molecule has 0 atom stereocenters. The van der Waals surface area contributed by atoms with Gasteiger partial charge < -0.3 is 30.7 Å². The lowest BCUT2D eigenvalue weighted by molar-refractivity contribution is 0.0141. The molecule has 1 aliphatic heterocycles. The van der Waals surface area contributed by atoms with Crippen molar-refractivity contribution in [3.8, 4) is 11.6 Å². The summed E-state index contributed by atoms with van der Waals surface area (Å²) in [7, 11) is 5.94. The predicted molar refractivity (Wildman–Crippen MR) is 154 cm³/mol. The Balaban J connectivity index is 0.00000190. The lowest BCUT2D eigenvalue weighted by Gasteiger charge is -2.37. The van der Waals surface area contributed by atoms with Crippen molar-refractivity contribution in [1.29, 1.82) is 0 Å². The Morgan fingerprint density at radius 1 is 1.22 bits per heavy atom. The summed E-state index contributed by atoms with van der Waals surface area (Å²) in [6, 6.07) is 4.95. The molecule has 9 nitrogen and oxygen atoms in total. The van der Waals surface area contributed by atoms with Crippen LogP contribution in [0.4, 0.5) is 27.4 Å². The van der Waals surface area contributed by atoms with Crippen molar-refractivity contribution in [2.24, 2.45) is 0 Å². The monoisotopic (exact) mass is 525 g/mol. The first kappa shape index (κ1) is 33.2. The highest BCUT2D eigenvalue weighted by molar-refractivity contribution is 7.79. The van der Waals surface area contributed by atoms with E-state index in [9.17, 15) is 9.50 Å². The van der Waals surface area contributed by atoms with Gasteiger partial charge in [-0.3, -0.25) is 4.90 Å². The fourth-order valence-electron chi connectivity index (χ4n) is 3.15. The minimum Gasteiger partial charge on any atom is -0.506 e. The predicted octanol–water partition coefficient (Wildman–Crippen LogP) is 3.91. The summed E-state index contributed by atoms with van der Waals surface area (Å²) in [5.41, 5.74) is 7.90. The molecule has 0 saturated carbocycles. The van der Waals surface area contributed by atoms with Gasteiger partial charge in [0.05, 0.1) is 17.1 Å². The number of aromatic hydroxyl groups is 1. The smallest absolute Gasteiger partial charge is 0.230 e. The van der Waals surface area contributed by atoms with Gasteiger partial charge in [-0.05, 0) is 26.4 Å².